The molecule has 2 atom stereocenters. The molecular formula is C23H23F4N5O4. The number of aromatic nitrogens is 4. The van der Waals surface area contributed by atoms with E-state index in [1.165, 1.54) is 12.1 Å². The molecule has 0 radical (unpaired) electrons. The van der Waals surface area contributed by atoms with Crippen LogP contribution in [0, 0.1) is 5.82 Å². The van der Waals surface area contributed by atoms with Crippen molar-refractivity contribution in [2.75, 3.05) is 5.32 Å². The van der Waals surface area contributed by atoms with Gasteiger partial charge in [-0.1, -0.05) is 19.1 Å². The molecule has 1 aromatic heterocycles. The summed E-state index contributed by atoms with van der Waals surface area (Å²) >= 11 is 0. The van der Waals surface area contributed by atoms with Crippen LogP contribution in [-0.2, 0) is 14.9 Å². The number of aliphatic hydroxyl groups excluding tert-OH is 1. The molecule has 36 heavy (non-hydrogen) atoms. The van der Waals surface area contributed by atoms with E-state index in [4.69, 9.17) is 4.74 Å². The maximum absolute atomic E-state index is 14.7. The molecule has 1 aliphatic rings. The van der Waals surface area contributed by atoms with Crippen molar-refractivity contribution in [1.29, 1.82) is 0 Å². The Bertz CT molecular complexity index is 1230. The van der Waals surface area contributed by atoms with Gasteiger partial charge in [0.1, 0.15) is 11.6 Å². The molecule has 0 bridgehead atoms. The zero-order valence-corrected chi connectivity index (χ0v) is 19.3. The van der Waals surface area contributed by atoms with Crippen molar-refractivity contribution >= 4 is 11.6 Å². The lowest BCUT2D eigenvalue weighted by molar-refractivity contribution is -0.274. The van der Waals surface area contributed by atoms with Gasteiger partial charge >= 0.3 is 6.36 Å². The standard InChI is InChI=1S/C23H23F4N5O4/c1-3-12(2)35-20(33)15-6-4-13(10-16(15)19-29-31-32-30-19)28-21(34)22(8-9-22)17-7-5-14(11-18(17)24)36-23(25,26)27/h4-7,10-12,20,33H,3,8-9H2,1-2H3,(H,28,34)(H,29,30,31,32)/t12-,20?/m1/s1. The maximum atomic E-state index is 14.7. The number of aliphatic hydroxyl groups is 1. The van der Waals surface area contributed by atoms with Gasteiger partial charge < -0.3 is 19.9 Å². The van der Waals surface area contributed by atoms with Gasteiger partial charge in [-0.05, 0) is 54.8 Å². The molecule has 1 fully saturated rings. The summed E-state index contributed by atoms with van der Waals surface area (Å²) in [6, 6.07) is 7.33. The molecule has 9 nitrogen and oxygen atoms in total. The molecule has 3 aromatic rings. The lowest BCUT2D eigenvalue weighted by Gasteiger charge is -2.21. The third kappa shape index (κ3) is 5.46. The monoisotopic (exact) mass is 509 g/mol. The van der Waals surface area contributed by atoms with Crippen LogP contribution in [0.25, 0.3) is 11.4 Å². The highest BCUT2D eigenvalue weighted by Crippen LogP contribution is 2.50. The van der Waals surface area contributed by atoms with Crippen molar-refractivity contribution in [3.63, 3.8) is 0 Å². The van der Waals surface area contributed by atoms with E-state index in [9.17, 15) is 27.5 Å². The number of benzene rings is 2. The van der Waals surface area contributed by atoms with Crippen LogP contribution in [0.4, 0.5) is 23.2 Å². The maximum Gasteiger partial charge on any atom is 0.573 e. The molecule has 0 aliphatic heterocycles. The molecule has 1 heterocycles. The number of tetrazole rings is 1. The Balaban J connectivity index is 1.58. The first-order valence-corrected chi connectivity index (χ1v) is 11.1. The first kappa shape index (κ1) is 25.5. The summed E-state index contributed by atoms with van der Waals surface area (Å²) in [5.41, 5.74) is -0.206. The number of nitrogens with zero attached hydrogens (tertiary/aromatic N) is 3. The first-order chi connectivity index (χ1) is 17.0. The van der Waals surface area contributed by atoms with Crippen molar-refractivity contribution < 1.29 is 36.9 Å². The van der Waals surface area contributed by atoms with Crippen LogP contribution in [0.3, 0.4) is 0 Å². The Morgan fingerprint density at radius 1 is 1.25 bits per heavy atom. The van der Waals surface area contributed by atoms with Gasteiger partial charge in [0, 0.05) is 28.4 Å². The topological polar surface area (TPSA) is 122 Å². The first-order valence-electron chi connectivity index (χ1n) is 11.1. The van der Waals surface area contributed by atoms with E-state index >= 15 is 0 Å². The average molecular weight is 509 g/mol. The van der Waals surface area contributed by atoms with Crippen LogP contribution in [0.1, 0.15) is 50.5 Å². The van der Waals surface area contributed by atoms with Gasteiger partial charge in [0.15, 0.2) is 12.1 Å². The number of carbonyl (C=O) groups is 1. The van der Waals surface area contributed by atoms with Crippen molar-refractivity contribution in [3.8, 4) is 17.1 Å². The van der Waals surface area contributed by atoms with Gasteiger partial charge in [-0.25, -0.2) is 9.49 Å². The molecule has 3 N–H and O–H groups in total. The number of rotatable bonds is 9. The number of amides is 1. The van der Waals surface area contributed by atoms with Crippen LogP contribution in [0.2, 0.25) is 0 Å². The minimum absolute atomic E-state index is 0.0248. The van der Waals surface area contributed by atoms with Gasteiger partial charge in [-0.15, -0.1) is 18.3 Å². The summed E-state index contributed by atoms with van der Waals surface area (Å²) in [6.07, 6.45) is -5.17. The lowest BCUT2D eigenvalue weighted by atomic mass is 9.94. The minimum Gasteiger partial charge on any atom is -0.406 e. The fourth-order valence-corrected chi connectivity index (χ4v) is 3.79. The molecular weight excluding hydrogens is 486 g/mol. The lowest BCUT2D eigenvalue weighted by Crippen LogP contribution is -2.29. The third-order valence-electron chi connectivity index (χ3n) is 5.99. The summed E-state index contributed by atoms with van der Waals surface area (Å²) in [5, 5.41) is 26.8. The SMILES string of the molecule is CC[C@@H](C)OC(O)c1ccc(NC(=O)C2(c3ccc(OC(F)(F)F)cc3F)CC2)cc1-c1nnn[nH]1. The van der Waals surface area contributed by atoms with E-state index < -0.39 is 35.5 Å². The molecule has 0 spiro atoms. The average Bonchev–Trinajstić information content (AvgIpc) is 3.43. The van der Waals surface area contributed by atoms with E-state index in [0.29, 0.717) is 42.1 Å². The van der Waals surface area contributed by atoms with E-state index in [-0.39, 0.29) is 17.5 Å². The van der Waals surface area contributed by atoms with Crippen LogP contribution >= 0.6 is 0 Å². The molecule has 4 rings (SSSR count). The molecule has 1 amide bonds. The zero-order valence-electron chi connectivity index (χ0n) is 19.3. The number of hydrogen-bond donors (Lipinski definition) is 3. The van der Waals surface area contributed by atoms with E-state index in [1.54, 1.807) is 6.07 Å². The summed E-state index contributed by atoms with van der Waals surface area (Å²) < 4.78 is 61.3. The van der Waals surface area contributed by atoms with Gasteiger partial charge in [0.05, 0.1) is 11.5 Å². The van der Waals surface area contributed by atoms with E-state index in [1.807, 2.05) is 13.8 Å². The summed E-state index contributed by atoms with van der Waals surface area (Å²) in [7, 11) is 0. The van der Waals surface area contributed by atoms with Crippen molar-refractivity contribution in [2.45, 2.75) is 57.3 Å². The number of H-pyrrole nitrogens is 1. The molecule has 192 valence electrons. The third-order valence-corrected chi connectivity index (χ3v) is 5.99. The summed E-state index contributed by atoms with van der Waals surface area (Å²) in [5.74, 6) is -1.99. The number of anilines is 1. The highest BCUT2D eigenvalue weighted by Gasteiger charge is 2.53. The predicted molar refractivity (Wildman–Crippen MR) is 118 cm³/mol. The second-order valence-corrected chi connectivity index (χ2v) is 8.48. The Morgan fingerprint density at radius 2 is 2.00 bits per heavy atom. The van der Waals surface area contributed by atoms with Crippen LogP contribution in [-0.4, -0.2) is 44.1 Å². The zero-order chi connectivity index (χ0) is 26.1. The van der Waals surface area contributed by atoms with Crippen molar-refractivity contribution in [1.82, 2.24) is 20.6 Å². The molecule has 1 aliphatic carbocycles. The molecule has 13 heteroatoms. The van der Waals surface area contributed by atoms with E-state index in [2.05, 4.69) is 30.7 Å². The van der Waals surface area contributed by atoms with Crippen LogP contribution in [0.15, 0.2) is 36.4 Å². The number of halogens is 4. The Kier molecular flexibility index (Phi) is 6.96. The largest absolute Gasteiger partial charge is 0.573 e. The summed E-state index contributed by atoms with van der Waals surface area (Å²) in [6.45, 7) is 3.72. The van der Waals surface area contributed by atoms with Crippen molar-refractivity contribution in [3.05, 3.63) is 53.3 Å². The van der Waals surface area contributed by atoms with Crippen LogP contribution < -0.4 is 10.1 Å². The second kappa shape index (κ2) is 9.82. The highest BCUT2D eigenvalue weighted by molar-refractivity contribution is 6.01. The smallest absolute Gasteiger partial charge is 0.406 e. The number of hydrogen-bond acceptors (Lipinski definition) is 7. The number of nitrogens with one attached hydrogen (secondary N) is 2. The molecule has 1 saturated carbocycles. The Hall–Kier alpha value is -3.58. The fourth-order valence-electron chi connectivity index (χ4n) is 3.79. The van der Waals surface area contributed by atoms with Gasteiger partial charge in [0.25, 0.3) is 0 Å². The molecule has 2 aromatic carbocycles. The second-order valence-electron chi connectivity index (χ2n) is 8.48. The molecule has 1 unspecified atom stereocenters. The minimum atomic E-state index is -4.96. The van der Waals surface area contributed by atoms with E-state index in [0.717, 1.165) is 12.1 Å². The van der Waals surface area contributed by atoms with Gasteiger partial charge in [-0.2, -0.15) is 0 Å². The number of ether oxygens (including phenoxy) is 2. The van der Waals surface area contributed by atoms with Crippen molar-refractivity contribution in [2.24, 2.45) is 0 Å². The van der Waals surface area contributed by atoms with Gasteiger partial charge in [0.2, 0.25) is 5.91 Å². The van der Waals surface area contributed by atoms with Crippen LogP contribution in [0.5, 0.6) is 5.75 Å². The fraction of sp³-hybridized carbons (Fsp3) is 0.391. The number of carbonyl (C=O) groups excluding carboxylic acids is 1. The van der Waals surface area contributed by atoms with Gasteiger partial charge in [-0.3, -0.25) is 4.79 Å². The Morgan fingerprint density at radius 3 is 2.58 bits per heavy atom. The number of alkyl halides is 3. The molecule has 0 saturated heterocycles. The quantitative estimate of drug-likeness (QED) is 0.289. The predicted octanol–water partition coefficient (Wildman–Crippen LogP) is 4.38. The summed E-state index contributed by atoms with van der Waals surface area (Å²) in [4.78, 5) is 13.2. The highest BCUT2D eigenvalue weighted by atomic mass is 19.4. The number of aromatic amines is 1. The Labute approximate surface area is 202 Å². The normalized spacial score (nSPS) is 16.3.